The second-order valence-electron chi connectivity index (χ2n) is 5.08. The smallest absolute Gasteiger partial charge is 0.322 e. The van der Waals surface area contributed by atoms with Crippen LogP contribution in [-0.2, 0) is 11.3 Å². The van der Waals surface area contributed by atoms with Crippen molar-refractivity contribution in [2.45, 2.75) is 20.4 Å². The molecule has 20 heavy (non-hydrogen) atoms. The molecule has 1 aromatic carbocycles. The van der Waals surface area contributed by atoms with Crippen molar-refractivity contribution < 1.29 is 9.59 Å². The van der Waals surface area contributed by atoms with Crippen LogP contribution < -0.4 is 16.8 Å². The summed E-state index contributed by atoms with van der Waals surface area (Å²) in [4.78, 5) is 24.6. The molecule has 0 unspecified atom stereocenters. The summed E-state index contributed by atoms with van der Waals surface area (Å²) in [5, 5.41) is 2.75. The van der Waals surface area contributed by atoms with Gasteiger partial charge >= 0.3 is 6.03 Å². The zero-order chi connectivity index (χ0) is 15.1. The maximum Gasteiger partial charge on any atom is 0.322 e. The van der Waals surface area contributed by atoms with E-state index in [1.807, 2.05) is 26.0 Å². The zero-order valence-electron chi connectivity index (χ0n) is 11.9. The van der Waals surface area contributed by atoms with E-state index in [4.69, 9.17) is 11.5 Å². The lowest BCUT2D eigenvalue weighted by atomic mass is 10.2. The minimum atomic E-state index is -0.531. The van der Waals surface area contributed by atoms with Crippen LogP contribution in [0, 0.1) is 5.92 Å². The Morgan fingerprint density at radius 1 is 1.35 bits per heavy atom. The molecular weight excluding hydrogens is 256 g/mol. The van der Waals surface area contributed by atoms with Crippen LogP contribution in [-0.4, -0.2) is 29.9 Å². The molecule has 6 nitrogen and oxygen atoms in total. The fourth-order valence-electron chi connectivity index (χ4n) is 1.83. The Morgan fingerprint density at radius 2 is 2.05 bits per heavy atom. The van der Waals surface area contributed by atoms with Gasteiger partial charge in [0.15, 0.2) is 0 Å². The first kappa shape index (κ1) is 16.0. The fourth-order valence-corrected chi connectivity index (χ4v) is 1.83. The SMILES string of the molecule is CC(C)CN(CC(N)=O)C(=O)Nc1cccc(CN)c1. The molecular formula is C14H22N4O2. The summed E-state index contributed by atoms with van der Waals surface area (Å²) < 4.78 is 0. The van der Waals surface area contributed by atoms with Gasteiger partial charge < -0.3 is 21.7 Å². The highest BCUT2D eigenvalue weighted by Crippen LogP contribution is 2.11. The first-order valence-corrected chi connectivity index (χ1v) is 6.55. The van der Waals surface area contributed by atoms with Crippen molar-refractivity contribution in [3.63, 3.8) is 0 Å². The van der Waals surface area contributed by atoms with Crippen LogP contribution in [0.5, 0.6) is 0 Å². The predicted molar refractivity (Wildman–Crippen MR) is 79.0 cm³/mol. The second kappa shape index (κ2) is 7.49. The highest BCUT2D eigenvalue weighted by molar-refractivity contribution is 5.92. The van der Waals surface area contributed by atoms with Crippen LogP contribution in [0.25, 0.3) is 0 Å². The largest absolute Gasteiger partial charge is 0.368 e. The molecule has 1 aromatic rings. The Bertz CT molecular complexity index is 474. The van der Waals surface area contributed by atoms with Crippen molar-refractivity contribution in [1.82, 2.24) is 4.90 Å². The minimum absolute atomic E-state index is 0.0966. The molecule has 0 atom stereocenters. The van der Waals surface area contributed by atoms with E-state index in [1.54, 1.807) is 12.1 Å². The molecule has 5 N–H and O–H groups in total. The van der Waals surface area contributed by atoms with Gasteiger partial charge in [0.2, 0.25) is 5.91 Å². The van der Waals surface area contributed by atoms with E-state index in [0.29, 0.717) is 18.8 Å². The Labute approximate surface area is 119 Å². The van der Waals surface area contributed by atoms with Gasteiger partial charge in [0.05, 0.1) is 0 Å². The number of anilines is 1. The fraction of sp³-hybridized carbons (Fsp3) is 0.429. The topological polar surface area (TPSA) is 101 Å². The number of carbonyl (C=O) groups excluding carboxylic acids is 2. The van der Waals surface area contributed by atoms with Crippen LogP contribution in [0.3, 0.4) is 0 Å². The van der Waals surface area contributed by atoms with Gasteiger partial charge in [-0.25, -0.2) is 4.79 Å². The summed E-state index contributed by atoms with van der Waals surface area (Å²) in [5.74, 6) is -0.285. The zero-order valence-corrected chi connectivity index (χ0v) is 11.9. The molecule has 0 aliphatic rings. The van der Waals surface area contributed by atoms with E-state index in [1.165, 1.54) is 4.90 Å². The predicted octanol–water partition coefficient (Wildman–Crippen LogP) is 1.12. The maximum atomic E-state index is 12.2. The average Bonchev–Trinajstić information content (AvgIpc) is 2.37. The molecule has 0 fully saturated rings. The van der Waals surface area contributed by atoms with E-state index in [-0.39, 0.29) is 18.5 Å². The van der Waals surface area contributed by atoms with Gasteiger partial charge in [0, 0.05) is 18.8 Å². The lowest BCUT2D eigenvalue weighted by Crippen LogP contribution is -2.42. The number of rotatable bonds is 6. The number of urea groups is 1. The number of hydrogen-bond acceptors (Lipinski definition) is 3. The van der Waals surface area contributed by atoms with E-state index in [9.17, 15) is 9.59 Å². The summed E-state index contributed by atoms with van der Waals surface area (Å²) in [6.45, 7) is 4.71. The van der Waals surface area contributed by atoms with Gasteiger partial charge in [-0.05, 0) is 23.6 Å². The van der Waals surface area contributed by atoms with Crippen molar-refractivity contribution in [2.24, 2.45) is 17.4 Å². The molecule has 0 aromatic heterocycles. The van der Waals surface area contributed by atoms with Crippen LogP contribution >= 0.6 is 0 Å². The third kappa shape index (κ3) is 5.27. The number of primary amides is 1. The number of carbonyl (C=O) groups is 2. The van der Waals surface area contributed by atoms with E-state index < -0.39 is 5.91 Å². The quantitative estimate of drug-likeness (QED) is 0.726. The first-order valence-electron chi connectivity index (χ1n) is 6.55. The number of hydrogen-bond donors (Lipinski definition) is 3. The number of nitrogens with zero attached hydrogens (tertiary/aromatic N) is 1. The van der Waals surface area contributed by atoms with Crippen LogP contribution in [0.1, 0.15) is 19.4 Å². The highest BCUT2D eigenvalue weighted by Gasteiger charge is 2.17. The van der Waals surface area contributed by atoms with Gasteiger partial charge in [0.1, 0.15) is 6.54 Å². The van der Waals surface area contributed by atoms with Crippen molar-refractivity contribution in [3.8, 4) is 0 Å². The molecule has 0 spiro atoms. The Balaban J connectivity index is 2.75. The molecule has 110 valence electrons. The molecule has 0 radical (unpaired) electrons. The van der Waals surface area contributed by atoms with Gasteiger partial charge in [-0.15, -0.1) is 0 Å². The highest BCUT2D eigenvalue weighted by atomic mass is 16.2. The monoisotopic (exact) mass is 278 g/mol. The lowest BCUT2D eigenvalue weighted by Gasteiger charge is -2.23. The number of nitrogens with one attached hydrogen (secondary N) is 1. The normalized spacial score (nSPS) is 10.4. The summed E-state index contributed by atoms with van der Waals surface area (Å²) in [6.07, 6.45) is 0. The molecule has 1 rings (SSSR count). The number of benzene rings is 1. The van der Waals surface area contributed by atoms with Gasteiger partial charge in [0.25, 0.3) is 0 Å². The average molecular weight is 278 g/mol. The summed E-state index contributed by atoms with van der Waals surface area (Å²) in [6, 6.07) is 6.93. The molecule has 0 heterocycles. The maximum absolute atomic E-state index is 12.2. The van der Waals surface area contributed by atoms with Crippen LogP contribution in [0.4, 0.5) is 10.5 Å². The third-order valence-electron chi connectivity index (χ3n) is 2.63. The Morgan fingerprint density at radius 3 is 2.60 bits per heavy atom. The minimum Gasteiger partial charge on any atom is -0.368 e. The van der Waals surface area contributed by atoms with E-state index in [0.717, 1.165) is 5.56 Å². The first-order chi connectivity index (χ1) is 9.42. The summed E-state index contributed by atoms with van der Waals surface area (Å²) >= 11 is 0. The van der Waals surface area contributed by atoms with Gasteiger partial charge in [-0.3, -0.25) is 4.79 Å². The standard InChI is InChI=1S/C14H22N4O2/c1-10(2)8-18(9-13(16)19)14(20)17-12-5-3-4-11(6-12)7-15/h3-6,10H,7-9,15H2,1-2H3,(H2,16,19)(H,17,20). The summed E-state index contributed by atoms with van der Waals surface area (Å²) in [7, 11) is 0. The third-order valence-corrected chi connectivity index (χ3v) is 2.63. The molecule has 0 bridgehead atoms. The lowest BCUT2D eigenvalue weighted by molar-refractivity contribution is -0.118. The number of amides is 3. The molecule has 3 amide bonds. The Hall–Kier alpha value is -2.08. The molecule has 0 saturated carbocycles. The summed E-state index contributed by atoms with van der Waals surface area (Å²) in [5.41, 5.74) is 12.3. The van der Waals surface area contributed by atoms with E-state index >= 15 is 0 Å². The molecule has 0 saturated heterocycles. The second-order valence-corrected chi connectivity index (χ2v) is 5.08. The Kier molecular flexibility index (Phi) is 5.99. The van der Waals surface area contributed by atoms with E-state index in [2.05, 4.69) is 5.32 Å². The van der Waals surface area contributed by atoms with Crippen molar-refractivity contribution in [2.75, 3.05) is 18.4 Å². The number of nitrogens with two attached hydrogens (primary N) is 2. The van der Waals surface area contributed by atoms with Crippen LogP contribution in [0.15, 0.2) is 24.3 Å². The molecule has 0 aliphatic heterocycles. The van der Waals surface area contributed by atoms with Crippen molar-refractivity contribution in [1.29, 1.82) is 0 Å². The van der Waals surface area contributed by atoms with Crippen molar-refractivity contribution in [3.05, 3.63) is 29.8 Å². The molecule has 6 heteroatoms. The van der Waals surface area contributed by atoms with Crippen LogP contribution in [0.2, 0.25) is 0 Å². The molecule has 0 aliphatic carbocycles. The van der Waals surface area contributed by atoms with Gasteiger partial charge in [-0.1, -0.05) is 26.0 Å². The van der Waals surface area contributed by atoms with Crippen molar-refractivity contribution >= 4 is 17.6 Å². The van der Waals surface area contributed by atoms with Gasteiger partial charge in [-0.2, -0.15) is 0 Å².